The highest BCUT2D eigenvalue weighted by molar-refractivity contribution is 5.99. The van der Waals surface area contributed by atoms with Crippen molar-refractivity contribution in [3.8, 4) is 0 Å². The van der Waals surface area contributed by atoms with Gasteiger partial charge in [0.2, 0.25) is 5.91 Å². The molecule has 8 heteroatoms. The molecular weight excluding hydrogens is 358 g/mol. The Morgan fingerprint density at radius 1 is 1.00 bits per heavy atom. The van der Waals surface area contributed by atoms with E-state index in [1.54, 1.807) is 30.3 Å². The van der Waals surface area contributed by atoms with Crippen LogP contribution in [0.5, 0.6) is 0 Å². The molecule has 2 aromatic rings. The highest BCUT2D eigenvalue weighted by Crippen LogP contribution is 2.17. The van der Waals surface area contributed by atoms with Gasteiger partial charge in [-0.1, -0.05) is 36.4 Å². The summed E-state index contributed by atoms with van der Waals surface area (Å²) in [7, 11) is 0. The van der Waals surface area contributed by atoms with Gasteiger partial charge < -0.3 is 15.4 Å². The molecular formula is C19H16F2N2O4. The topological polar surface area (TPSA) is 84.5 Å². The molecule has 0 aromatic heterocycles. The van der Waals surface area contributed by atoms with E-state index in [0.29, 0.717) is 5.56 Å². The second-order valence-corrected chi connectivity index (χ2v) is 5.37. The fourth-order valence-corrected chi connectivity index (χ4v) is 2.05. The zero-order chi connectivity index (χ0) is 19.8. The average Bonchev–Trinajstić information content (AvgIpc) is 2.63. The van der Waals surface area contributed by atoms with Crippen LogP contribution in [0, 0.1) is 11.6 Å². The number of hydrogen-bond acceptors (Lipinski definition) is 4. The van der Waals surface area contributed by atoms with Gasteiger partial charge in [0.25, 0.3) is 5.91 Å². The number of anilines is 1. The quantitative estimate of drug-likeness (QED) is 0.601. The summed E-state index contributed by atoms with van der Waals surface area (Å²) in [6.45, 7) is 0.415. The van der Waals surface area contributed by atoms with Gasteiger partial charge in [0.05, 0.1) is 0 Å². The summed E-state index contributed by atoms with van der Waals surface area (Å²) in [5.74, 6) is -4.34. The lowest BCUT2D eigenvalue weighted by molar-refractivity contribution is -0.144. The summed E-state index contributed by atoms with van der Waals surface area (Å²) in [5.41, 5.74) is -0.199. The van der Waals surface area contributed by atoms with Crippen LogP contribution in [0.1, 0.15) is 12.5 Å². The number of ether oxygens (including phenoxy) is 1. The molecule has 6 nitrogen and oxygen atoms in total. The predicted molar refractivity (Wildman–Crippen MR) is 94.2 cm³/mol. The van der Waals surface area contributed by atoms with E-state index in [1.807, 2.05) is 5.32 Å². The highest BCUT2D eigenvalue weighted by Gasteiger charge is 2.17. The fraction of sp³-hybridized carbons (Fsp3) is 0.105. The molecule has 2 rings (SSSR count). The molecule has 0 saturated carbocycles. The number of hydrogen-bond donors (Lipinski definition) is 2. The molecule has 0 unspecified atom stereocenters. The van der Waals surface area contributed by atoms with Crippen molar-refractivity contribution in [1.29, 1.82) is 0 Å². The number of para-hydroxylation sites is 1. The highest BCUT2D eigenvalue weighted by atomic mass is 19.1. The maximum atomic E-state index is 13.5. The minimum Gasteiger partial charge on any atom is -0.451 e. The first-order chi connectivity index (χ1) is 12.9. The Morgan fingerprint density at radius 2 is 1.63 bits per heavy atom. The average molecular weight is 374 g/mol. The van der Waals surface area contributed by atoms with Gasteiger partial charge >= 0.3 is 5.97 Å². The van der Waals surface area contributed by atoms with Gasteiger partial charge in [-0.3, -0.25) is 9.59 Å². The van der Waals surface area contributed by atoms with Gasteiger partial charge in [0.1, 0.15) is 23.0 Å². The van der Waals surface area contributed by atoms with Crippen molar-refractivity contribution in [2.24, 2.45) is 0 Å². The van der Waals surface area contributed by atoms with Crippen LogP contribution in [0.25, 0.3) is 6.08 Å². The first-order valence-corrected chi connectivity index (χ1v) is 7.82. The Balaban J connectivity index is 2.03. The minimum absolute atomic E-state index is 0.182. The van der Waals surface area contributed by atoms with Crippen LogP contribution < -0.4 is 10.6 Å². The maximum absolute atomic E-state index is 13.5. The number of carbonyl (C=O) groups excluding carboxylic acids is 3. The molecule has 27 heavy (non-hydrogen) atoms. The Kier molecular flexibility index (Phi) is 6.76. The SMILES string of the molecule is CC(=O)N/C(=C\c1ccccc1)C(=O)OCC(=O)Nc1c(F)cccc1F. The lowest BCUT2D eigenvalue weighted by Crippen LogP contribution is -2.29. The Bertz CT molecular complexity index is 862. The summed E-state index contributed by atoms with van der Waals surface area (Å²) in [6, 6.07) is 11.7. The fourth-order valence-electron chi connectivity index (χ4n) is 2.05. The van der Waals surface area contributed by atoms with Gasteiger partial charge in [0, 0.05) is 6.92 Å². The Labute approximate surface area is 153 Å². The standard InChI is InChI=1S/C19H16F2N2O4/c1-12(24)22-16(10-13-6-3-2-4-7-13)19(26)27-11-17(25)23-18-14(20)8-5-9-15(18)21/h2-10H,11H2,1H3,(H,22,24)(H,23,25)/b16-10-. The second kappa shape index (κ2) is 9.23. The summed E-state index contributed by atoms with van der Waals surface area (Å²) in [5, 5.41) is 4.31. The molecule has 2 aromatic carbocycles. The molecule has 0 saturated heterocycles. The number of carbonyl (C=O) groups is 3. The normalized spacial score (nSPS) is 10.9. The number of rotatable bonds is 6. The molecule has 140 valence electrons. The van der Waals surface area contributed by atoms with Crippen molar-refractivity contribution in [3.05, 3.63) is 71.4 Å². The molecule has 2 amide bonds. The molecule has 2 N–H and O–H groups in total. The van der Waals surface area contributed by atoms with E-state index in [1.165, 1.54) is 13.0 Å². The molecule has 0 spiro atoms. The monoisotopic (exact) mass is 374 g/mol. The van der Waals surface area contributed by atoms with Gasteiger partial charge in [-0.15, -0.1) is 0 Å². The van der Waals surface area contributed by atoms with Crippen molar-refractivity contribution in [3.63, 3.8) is 0 Å². The number of amides is 2. The minimum atomic E-state index is -0.974. The van der Waals surface area contributed by atoms with Gasteiger partial charge in [0.15, 0.2) is 6.61 Å². The van der Waals surface area contributed by atoms with Crippen molar-refractivity contribution < 1.29 is 27.9 Å². The van der Waals surface area contributed by atoms with E-state index in [4.69, 9.17) is 4.74 Å². The zero-order valence-electron chi connectivity index (χ0n) is 14.3. The molecule has 0 fully saturated rings. The van der Waals surface area contributed by atoms with Crippen LogP contribution in [0.2, 0.25) is 0 Å². The third-order valence-corrected chi connectivity index (χ3v) is 3.20. The van der Waals surface area contributed by atoms with E-state index in [9.17, 15) is 23.2 Å². The first kappa shape index (κ1) is 19.8. The summed E-state index contributed by atoms with van der Waals surface area (Å²) in [4.78, 5) is 35.2. The number of halogens is 2. The van der Waals surface area contributed by atoms with E-state index >= 15 is 0 Å². The van der Waals surface area contributed by atoms with Crippen LogP contribution >= 0.6 is 0 Å². The number of benzene rings is 2. The predicted octanol–water partition coefficient (Wildman–Crippen LogP) is 2.62. The first-order valence-electron chi connectivity index (χ1n) is 7.82. The van der Waals surface area contributed by atoms with Gasteiger partial charge in [-0.05, 0) is 23.8 Å². The molecule has 0 aliphatic heterocycles. The summed E-state index contributed by atoms with van der Waals surface area (Å²) in [6.07, 6.45) is 1.37. The van der Waals surface area contributed by atoms with Crippen molar-refractivity contribution in [2.75, 3.05) is 11.9 Å². The molecule has 0 bridgehead atoms. The van der Waals surface area contributed by atoms with E-state index < -0.39 is 41.7 Å². The molecule has 0 radical (unpaired) electrons. The summed E-state index contributed by atoms with van der Waals surface area (Å²) < 4.78 is 31.8. The lowest BCUT2D eigenvalue weighted by Gasteiger charge is -2.10. The Morgan fingerprint density at radius 3 is 2.22 bits per heavy atom. The molecule has 0 aliphatic carbocycles. The van der Waals surface area contributed by atoms with Crippen LogP contribution in [-0.2, 0) is 19.1 Å². The van der Waals surface area contributed by atoms with E-state index in [-0.39, 0.29) is 5.70 Å². The van der Waals surface area contributed by atoms with Crippen LogP contribution in [-0.4, -0.2) is 24.4 Å². The molecule has 0 atom stereocenters. The third-order valence-electron chi connectivity index (χ3n) is 3.20. The van der Waals surface area contributed by atoms with Gasteiger partial charge in [-0.2, -0.15) is 0 Å². The van der Waals surface area contributed by atoms with Crippen molar-refractivity contribution in [2.45, 2.75) is 6.92 Å². The number of nitrogens with one attached hydrogen (secondary N) is 2. The second-order valence-electron chi connectivity index (χ2n) is 5.37. The van der Waals surface area contributed by atoms with E-state index in [0.717, 1.165) is 18.2 Å². The van der Waals surface area contributed by atoms with Crippen LogP contribution in [0.15, 0.2) is 54.2 Å². The third kappa shape index (κ3) is 6.03. The maximum Gasteiger partial charge on any atom is 0.355 e. The van der Waals surface area contributed by atoms with E-state index in [2.05, 4.69) is 5.32 Å². The van der Waals surface area contributed by atoms with Crippen LogP contribution in [0.4, 0.5) is 14.5 Å². The largest absolute Gasteiger partial charge is 0.451 e. The molecule has 0 aliphatic rings. The number of esters is 1. The van der Waals surface area contributed by atoms with Crippen LogP contribution in [0.3, 0.4) is 0 Å². The van der Waals surface area contributed by atoms with Crippen molar-refractivity contribution >= 4 is 29.5 Å². The lowest BCUT2D eigenvalue weighted by atomic mass is 10.2. The zero-order valence-corrected chi connectivity index (χ0v) is 14.3. The molecule has 0 heterocycles. The van der Waals surface area contributed by atoms with Gasteiger partial charge in [-0.25, -0.2) is 13.6 Å². The summed E-state index contributed by atoms with van der Waals surface area (Å²) >= 11 is 0. The smallest absolute Gasteiger partial charge is 0.355 e. The van der Waals surface area contributed by atoms with Crippen molar-refractivity contribution in [1.82, 2.24) is 5.32 Å². The Hall–Kier alpha value is -3.55.